The first kappa shape index (κ1) is 12.3. The predicted octanol–water partition coefficient (Wildman–Crippen LogP) is 0.525. The number of cyclic esters (lactones) is 1. The standard InChI is InChI=1S/C8H8Cl2O5/c9-3-5(10)14-6(11)1-4-2-7(12)15-8(4)13/h2,5,7,12H,1,3H2. The zero-order valence-corrected chi connectivity index (χ0v) is 8.99. The second-order valence-corrected chi connectivity index (χ2v) is 3.51. The summed E-state index contributed by atoms with van der Waals surface area (Å²) in [6.45, 7) is 0. The third-order valence-corrected chi connectivity index (χ3v) is 2.23. The number of aliphatic hydroxyl groups is 1. The molecular weight excluding hydrogens is 247 g/mol. The average Bonchev–Trinajstić information content (AvgIpc) is 2.44. The van der Waals surface area contributed by atoms with Crippen LogP contribution in [0, 0.1) is 0 Å². The summed E-state index contributed by atoms with van der Waals surface area (Å²) >= 11 is 10.8. The van der Waals surface area contributed by atoms with E-state index in [1.54, 1.807) is 0 Å². The van der Waals surface area contributed by atoms with Crippen molar-refractivity contribution in [2.75, 3.05) is 5.88 Å². The van der Waals surface area contributed by atoms with E-state index in [1.165, 1.54) is 0 Å². The minimum Gasteiger partial charge on any atom is -0.444 e. The summed E-state index contributed by atoms with van der Waals surface area (Å²) in [5.74, 6) is -1.48. The Balaban J connectivity index is 2.45. The molecule has 2 atom stereocenters. The molecular formula is C8H8Cl2O5. The number of carbonyl (C=O) groups excluding carboxylic acids is 2. The largest absolute Gasteiger partial charge is 0.444 e. The zero-order chi connectivity index (χ0) is 11.4. The number of alkyl halides is 2. The number of esters is 2. The van der Waals surface area contributed by atoms with E-state index in [1.807, 2.05) is 0 Å². The summed E-state index contributed by atoms with van der Waals surface area (Å²) in [6, 6.07) is 0. The topological polar surface area (TPSA) is 72.8 Å². The second-order valence-electron chi connectivity index (χ2n) is 2.72. The highest BCUT2D eigenvalue weighted by Gasteiger charge is 2.26. The molecule has 0 aliphatic carbocycles. The molecule has 0 fully saturated rings. The summed E-state index contributed by atoms with van der Waals surface area (Å²) in [6.07, 6.45) is -0.455. The molecule has 5 nitrogen and oxygen atoms in total. The summed E-state index contributed by atoms with van der Waals surface area (Å²) in [4.78, 5) is 22.1. The molecule has 0 spiro atoms. The van der Waals surface area contributed by atoms with Gasteiger partial charge in [-0.1, -0.05) is 11.6 Å². The first-order valence-corrected chi connectivity index (χ1v) is 4.99. The van der Waals surface area contributed by atoms with Crippen LogP contribution in [0.3, 0.4) is 0 Å². The molecule has 1 heterocycles. The van der Waals surface area contributed by atoms with Crippen LogP contribution in [0.2, 0.25) is 0 Å². The van der Waals surface area contributed by atoms with Gasteiger partial charge in [-0.3, -0.25) is 4.79 Å². The normalized spacial score (nSPS) is 21.9. The van der Waals surface area contributed by atoms with Crippen molar-refractivity contribution in [3.05, 3.63) is 11.6 Å². The molecule has 84 valence electrons. The molecule has 7 heteroatoms. The lowest BCUT2D eigenvalue weighted by Gasteiger charge is -2.07. The molecule has 0 saturated heterocycles. The fourth-order valence-corrected chi connectivity index (χ4v) is 1.12. The fourth-order valence-electron chi connectivity index (χ4n) is 0.962. The Bertz CT molecular complexity index is 301. The van der Waals surface area contributed by atoms with Gasteiger partial charge in [0.1, 0.15) is 0 Å². The maximum absolute atomic E-state index is 11.1. The molecule has 1 aliphatic heterocycles. The van der Waals surface area contributed by atoms with E-state index >= 15 is 0 Å². The number of hydrogen-bond acceptors (Lipinski definition) is 5. The summed E-state index contributed by atoms with van der Waals surface area (Å²) in [5.41, 5.74) is -0.881. The monoisotopic (exact) mass is 254 g/mol. The molecule has 0 aromatic rings. The van der Waals surface area contributed by atoms with Gasteiger partial charge in [0.15, 0.2) is 5.56 Å². The number of hydrogen-bond donors (Lipinski definition) is 1. The van der Waals surface area contributed by atoms with Gasteiger partial charge in [-0.2, -0.15) is 0 Å². The Morgan fingerprint density at radius 2 is 2.40 bits per heavy atom. The van der Waals surface area contributed by atoms with Gasteiger partial charge in [0, 0.05) is 0 Å². The van der Waals surface area contributed by atoms with Crippen LogP contribution in [0.5, 0.6) is 0 Å². The highest BCUT2D eigenvalue weighted by molar-refractivity contribution is 6.27. The van der Waals surface area contributed by atoms with Crippen molar-refractivity contribution in [3.63, 3.8) is 0 Å². The second kappa shape index (κ2) is 5.34. The smallest absolute Gasteiger partial charge is 0.337 e. The van der Waals surface area contributed by atoms with E-state index in [9.17, 15) is 9.59 Å². The number of aliphatic hydroxyl groups excluding tert-OH is 1. The van der Waals surface area contributed by atoms with Crippen molar-refractivity contribution < 1.29 is 24.2 Å². The van der Waals surface area contributed by atoms with Crippen molar-refractivity contribution in [1.29, 1.82) is 0 Å². The molecule has 0 amide bonds. The molecule has 0 aromatic carbocycles. The SMILES string of the molecule is O=C(CC1=CC(O)OC1=O)OC(Cl)CCl. The van der Waals surface area contributed by atoms with Crippen molar-refractivity contribution in [2.24, 2.45) is 0 Å². The molecule has 0 aromatic heterocycles. The Kier molecular flexibility index (Phi) is 4.38. The highest BCUT2D eigenvalue weighted by atomic mass is 35.5. The lowest BCUT2D eigenvalue weighted by atomic mass is 10.2. The lowest BCUT2D eigenvalue weighted by Crippen LogP contribution is -2.16. The minimum absolute atomic E-state index is 0.0422. The maximum atomic E-state index is 11.1. The van der Waals surface area contributed by atoms with Crippen LogP contribution in [-0.2, 0) is 19.1 Å². The van der Waals surface area contributed by atoms with Gasteiger partial charge in [-0.25, -0.2) is 4.79 Å². The van der Waals surface area contributed by atoms with Crippen molar-refractivity contribution in [2.45, 2.75) is 18.3 Å². The van der Waals surface area contributed by atoms with E-state index in [0.717, 1.165) is 6.08 Å². The third kappa shape index (κ3) is 3.70. The molecule has 1 aliphatic rings. The van der Waals surface area contributed by atoms with E-state index in [4.69, 9.17) is 28.3 Å². The van der Waals surface area contributed by atoms with Crippen LogP contribution in [0.15, 0.2) is 11.6 Å². The molecule has 1 rings (SSSR count). The van der Waals surface area contributed by atoms with Gasteiger partial charge in [0.05, 0.1) is 17.9 Å². The number of rotatable bonds is 4. The van der Waals surface area contributed by atoms with Gasteiger partial charge in [-0.15, -0.1) is 11.6 Å². The molecule has 15 heavy (non-hydrogen) atoms. The molecule has 2 unspecified atom stereocenters. The zero-order valence-electron chi connectivity index (χ0n) is 7.48. The van der Waals surface area contributed by atoms with Gasteiger partial charge < -0.3 is 14.6 Å². The molecule has 1 N–H and O–H groups in total. The molecule has 0 saturated carbocycles. The fraction of sp³-hybridized carbons (Fsp3) is 0.500. The Morgan fingerprint density at radius 3 is 2.87 bits per heavy atom. The van der Waals surface area contributed by atoms with Crippen LogP contribution in [0.4, 0.5) is 0 Å². The van der Waals surface area contributed by atoms with Crippen molar-refractivity contribution in [3.8, 4) is 0 Å². The summed E-state index contributed by atoms with van der Waals surface area (Å²) < 4.78 is 8.97. The van der Waals surface area contributed by atoms with E-state index < -0.39 is 23.8 Å². The van der Waals surface area contributed by atoms with Gasteiger partial charge in [-0.05, 0) is 6.08 Å². The summed E-state index contributed by atoms with van der Waals surface area (Å²) in [5, 5.41) is 8.89. The number of ether oxygens (including phenoxy) is 2. The summed E-state index contributed by atoms with van der Waals surface area (Å²) in [7, 11) is 0. The van der Waals surface area contributed by atoms with Crippen LogP contribution >= 0.6 is 23.2 Å². The van der Waals surface area contributed by atoms with E-state index in [0.29, 0.717) is 0 Å². The molecule has 0 bridgehead atoms. The highest BCUT2D eigenvalue weighted by Crippen LogP contribution is 2.16. The molecule has 0 radical (unpaired) electrons. The van der Waals surface area contributed by atoms with E-state index in [-0.39, 0.29) is 17.9 Å². The Hall–Kier alpha value is -0.780. The average molecular weight is 255 g/mol. The van der Waals surface area contributed by atoms with Crippen molar-refractivity contribution >= 4 is 35.1 Å². The Morgan fingerprint density at radius 1 is 1.73 bits per heavy atom. The maximum Gasteiger partial charge on any atom is 0.337 e. The van der Waals surface area contributed by atoms with Crippen molar-refractivity contribution in [1.82, 2.24) is 0 Å². The predicted molar refractivity (Wildman–Crippen MR) is 51.3 cm³/mol. The van der Waals surface area contributed by atoms with Gasteiger partial charge in [0.2, 0.25) is 6.29 Å². The minimum atomic E-state index is -1.29. The quantitative estimate of drug-likeness (QED) is 0.585. The third-order valence-electron chi connectivity index (χ3n) is 1.55. The van der Waals surface area contributed by atoms with Gasteiger partial charge >= 0.3 is 11.9 Å². The van der Waals surface area contributed by atoms with Crippen LogP contribution in [-0.4, -0.2) is 34.8 Å². The van der Waals surface area contributed by atoms with Crippen LogP contribution in [0.25, 0.3) is 0 Å². The van der Waals surface area contributed by atoms with E-state index in [2.05, 4.69) is 9.47 Å². The van der Waals surface area contributed by atoms with Crippen LogP contribution in [0.1, 0.15) is 6.42 Å². The number of carbonyl (C=O) groups is 2. The van der Waals surface area contributed by atoms with Gasteiger partial charge in [0.25, 0.3) is 0 Å². The lowest BCUT2D eigenvalue weighted by molar-refractivity contribution is -0.153. The van der Waals surface area contributed by atoms with Crippen LogP contribution < -0.4 is 0 Å². The Labute approximate surface area is 95.5 Å². The first-order valence-electron chi connectivity index (χ1n) is 4.02. The first-order chi connectivity index (χ1) is 7.02. The number of halogens is 2.